The second kappa shape index (κ2) is 6.12. The first-order valence-corrected chi connectivity index (χ1v) is 4.52. The van der Waals surface area contributed by atoms with Crippen molar-refractivity contribution in [2.24, 2.45) is 0 Å². The van der Waals surface area contributed by atoms with E-state index in [-0.39, 0.29) is 12.5 Å². The van der Waals surface area contributed by atoms with Crippen molar-refractivity contribution < 1.29 is 9.63 Å². The van der Waals surface area contributed by atoms with Crippen LogP contribution in [0.4, 0.5) is 5.69 Å². The SMILES string of the molecule is CCONCC(=O)Nc1ccccc1. The van der Waals surface area contributed by atoms with E-state index >= 15 is 0 Å². The maximum Gasteiger partial charge on any atom is 0.240 e. The molecule has 0 atom stereocenters. The summed E-state index contributed by atoms with van der Waals surface area (Å²) in [4.78, 5) is 16.1. The Bertz CT molecular complexity index is 275. The van der Waals surface area contributed by atoms with Gasteiger partial charge >= 0.3 is 0 Å². The normalized spacial score (nSPS) is 9.79. The van der Waals surface area contributed by atoms with Crippen LogP contribution in [0, 0.1) is 0 Å². The van der Waals surface area contributed by atoms with Crippen LogP contribution in [0.15, 0.2) is 30.3 Å². The number of carbonyl (C=O) groups is 1. The van der Waals surface area contributed by atoms with Gasteiger partial charge in [-0.15, -0.1) is 0 Å². The van der Waals surface area contributed by atoms with Crippen molar-refractivity contribution in [1.82, 2.24) is 5.48 Å². The Morgan fingerprint density at radius 2 is 2.07 bits per heavy atom. The van der Waals surface area contributed by atoms with E-state index in [1.807, 2.05) is 37.3 Å². The van der Waals surface area contributed by atoms with Gasteiger partial charge in [0.05, 0.1) is 6.61 Å². The molecule has 2 N–H and O–H groups in total. The molecular formula is C10H14N2O2. The first-order valence-electron chi connectivity index (χ1n) is 4.52. The Balaban J connectivity index is 2.27. The maximum absolute atomic E-state index is 11.2. The number of benzene rings is 1. The molecule has 0 saturated carbocycles. The third kappa shape index (κ3) is 4.02. The number of hydroxylamine groups is 1. The fraction of sp³-hybridized carbons (Fsp3) is 0.300. The molecule has 1 rings (SSSR count). The van der Waals surface area contributed by atoms with E-state index in [9.17, 15) is 4.79 Å². The molecule has 1 aromatic carbocycles. The van der Waals surface area contributed by atoms with Crippen molar-refractivity contribution in [3.63, 3.8) is 0 Å². The van der Waals surface area contributed by atoms with Gasteiger partial charge in [0.25, 0.3) is 0 Å². The average molecular weight is 194 g/mol. The smallest absolute Gasteiger partial charge is 0.240 e. The molecular weight excluding hydrogens is 180 g/mol. The quantitative estimate of drug-likeness (QED) is 0.546. The van der Waals surface area contributed by atoms with E-state index in [2.05, 4.69) is 10.8 Å². The van der Waals surface area contributed by atoms with E-state index in [1.54, 1.807) is 0 Å². The highest BCUT2D eigenvalue weighted by Crippen LogP contribution is 2.03. The molecule has 0 spiro atoms. The van der Waals surface area contributed by atoms with Crippen LogP contribution in [-0.4, -0.2) is 19.1 Å². The minimum atomic E-state index is -0.121. The van der Waals surface area contributed by atoms with Gasteiger partial charge in [0.2, 0.25) is 5.91 Å². The van der Waals surface area contributed by atoms with Gasteiger partial charge in [-0.3, -0.25) is 4.79 Å². The second-order valence-electron chi connectivity index (χ2n) is 2.67. The van der Waals surface area contributed by atoms with Crippen molar-refractivity contribution in [3.8, 4) is 0 Å². The van der Waals surface area contributed by atoms with Crippen LogP contribution in [0.25, 0.3) is 0 Å². The Labute approximate surface area is 83.2 Å². The summed E-state index contributed by atoms with van der Waals surface area (Å²) in [5.41, 5.74) is 3.33. The van der Waals surface area contributed by atoms with E-state index in [4.69, 9.17) is 4.84 Å². The zero-order chi connectivity index (χ0) is 10.2. The second-order valence-corrected chi connectivity index (χ2v) is 2.67. The van der Waals surface area contributed by atoms with Crippen LogP contribution in [-0.2, 0) is 9.63 Å². The molecule has 76 valence electrons. The van der Waals surface area contributed by atoms with Crippen molar-refractivity contribution in [2.75, 3.05) is 18.5 Å². The number of carbonyl (C=O) groups excluding carboxylic acids is 1. The molecule has 0 unspecified atom stereocenters. The molecule has 14 heavy (non-hydrogen) atoms. The summed E-state index contributed by atoms with van der Waals surface area (Å²) >= 11 is 0. The van der Waals surface area contributed by atoms with Crippen LogP contribution in [0.1, 0.15) is 6.92 Å². The predicted octanol–water partition coefficient (Wildman–Crippen LogP) is 1.17. The molecule has 0 aliphatic heterocycles. The van der Waals surface area contributed by atoms with Crippen LogP contribution in [0.5, 0.6) is 0 Å². The van der Waals surface area contributed by atoms with Crippen molar-refractivity contribution in [3.05, 3.63) is 30.3 Å². The summed E-state index contributed by atoms with van der Waals surface area (Å²) in [5, 5.41) is 2.72. The van der Waals surface area contributed by atoms with Gasteiger partial charge in [-0.25, -0.2) is 0 Å². The lowest BCUT2D eigenvalue weighted by Crippen LogP contribution is -2.28. The van der Waals surface area contributed by atoms with Gasteiger partial charge in [0.15, 0.2) is 0 Å². The Morgan fingerprint density at radius 3 is 2.71 bits per heavy atom. The predicted molar refractivity (Wildman–Crippen MR) is 54.7 cm³/mol. The van der Waals surface area contributed by atoms with Gasteiger partial charge in [-0.1, -0.05) is 18.2 Å². The first-order chi connectivity index (χ1) is 6.83. The van der Waals surface area contributed by atoms with Gasteiger partial charge in [0.1, 0.15) is 6.54 Å². The number of hydrogen-bond donors (Lipinski definition) is 2. The highest BCUT2D eigenvalue weighted by Gasteiger charge is 1.99. The lowest BCUT2D eigenvalue weighted by molar-refractivity contribution is -0.117. The molecule has 0 aliphatic rings. The Hall–Kier alpha value is -1.39. The highest BCUT2D eigenvalue weighted by atomic mass is 16.6. The summed E-state index contributed by atoms with van der Waals surface area (Å²) < 4.78 is 0. The molecule has 1 amide bonds. The molecule has 4 heteroatoms. The zero-order valence-corrected chi connectivity index (χ0v) is 8.12. The van der Waals surface area contributed by atoms with E-state index in [1.165, 1.54) is 0 Å². The number of rotatable bonds is 5. The minimum absolute atomic E-state index is 0.121. The van der Waals surface area contributed by atoms with Crippen LogP contribution >= 0.6 is 0 Å². The van der Waals surface area contributed by atoms with Crippen LogP contribution < -0.4 is 10.8 Å². The fourth-order valence-electron chi connectivity index (χ4n) is 0.945. The number of anilines is 1. The molecule has 4 nitrogen and oxygen atoms in total. The van der Waals surface area contributed by atoms with Crippen molar-refractivity contribution >= 4 is 11.6 Å². The van der Waals surface area contributed by atoms with Crippen molar-refractivity contribution in [2.45, 2.75) is 6.92 Å². The van der Waals surface area contributed by atoms with Gasteiger partial charge in [0, 0.05) is 5.69 Å². The molecule has 0 radical (unpaired) electrons. The topological polar surface area (TPSA) is 50.4 Å². The molecule has 0 heterocycles. The van der Waals surface area contributed by atoms with Crippen LogP contribution in [0.3, 0.4) is 0 Å². The minimum Gasteiger partial charge on any atom is -0.325 e. The summed E-state index contributed by atoms with van der Waals surface area (Å²) in [6.07, 6.45) is 0. The third-order valence-corrected chi connectivity index (χ3v) is 1.54. The lowest BCUT2D eigenvalue weighted by atomic mass is 10.3. The summed E-state index contributed by atoms with van der Waals surface area (Å²) in [6, 6.07) is 9.29. The number of nitrogens with one attached hydrogen (secondary N) is 2. The molecule has 0 fully saturated rings. The number of hydrogen-bond acceptors (Lipinski definition) is 3. The molecule has 0 bridgehead atoms. The standard InChI is InChI=1S/C10H14N2O2/c1-2-14-11-8-10(13)12-9-6-4-3-5-7-9/h3-7,11H,2,8H2,1H3,(H,12,13). The molecule has 1 aromatic rings. The van der Waals surface area contributed by atoms with E-state index in [0.717, 1.165) is 5.69 Å². The third-order valence-electron chi connectivity index (χ3n) is 1.54. The molecule has 0 aliphatic carbocycles. The van der Waals surface area contributed by atoms with Gasteiger partial charge in [-0.05, 0) is 19.1 Å². The maximum atomic E-state index is 11.2. The highest BCUT2D eigenvalue weighted by molar-refractivity contribution is 5.92. The Morgan fingerprint density at radius 1 is 1.36 bits per heavy atom. The fourth-order valence-corrected chi connectivity index (χ4v) is 0.945. The van der Waals surface area contributed by atoms with E-state index in [0.29, 0.717) is 6.61 Å². The molecule has 0 saturated heterocycles. The summed E-state index contributed by atoms with van der Waals surface area (Å²) in [7, 11) is 0. The zero-order valence-electron chi connectivity index (χ0n) is 8.12. The van der Waals surface area contributed by atoms with Gasteiger partial charge < -0.3 is 10.2 Å². The number of para-hydroxylation sites is 1. The summed E-state index contributed by atoms with van der Waals surface area (Å²) in [6.45, 7) is 2.55. The van der Waals surface area contributed by atoms with Crippen molar-refractivity contribution in [1.29, 1.82) is 0 Å². The van der Waals surface area contributed by atoms with Crippen LogP contribution in [0.2, 0.25) is 0 Å². The first kappa shape index (κ1) is 10.7. The molecule has 0 aromatic heterocycles. The summed E-state index contributed by atoms with van der Waals surface area (Å²) in [5.74, 6) is -0.121. The Kier molecular flexibility index (Phi) is 4.68. The lowest BCUT2D eigenvalue weighted by Gasteiger charge is -2.05. The largest absolute Gasteiger partial charge is 0.325 e. The van der Waals surface area contributed by atoms with E-state index < -0.39 is 0 Å². The average Bonchev–Trinajstić information content (AvgIpc) is 2.20. The number of amides is 1. The van der Waals surface area contributed by atoms with Gasteiger partial charge in [-0.2, -0.15) is 5.48 Å². The monoisotopic (exact) mass is 194 g/mol.